The van der Waals surface area contributed by atoms with Gasteiger partial charge in [0.15, 0.2) is 0 Å². The topological polar surface area (TPSA) is 63.3 Å². The van der Waals surface area contributed by atoms with Crippen LogP contribution in [0, 0.1) is 6.92 Å². The van der Waals surface area contributed by atoms with Gasteiger partial charge in [0, 0.05) is 11.1 Å². The fourth-order valence-corrected chi connectivity index (χ4v) is 1.64. The molecule has 0 aliphatic heterocycles. The largest absolute Gasteiger partial charge is 0.477 e. The molecule has 2 rings (SSSR count). The number of carbonyl (C=O) groups is 1. The molecule has 0 saturated heterocycles. The molecule has 1 N–H and O–H groups in total. The molecule has 0 saturated carbocycles. The van der Waals surface area contributed by atoms with Crippen LogP contribution in [0.2, 0.25) is 0 Å². The average Bonchev–Trinajstić information content (AvgIpc) is 2.71. The van der Waals surface area contributed by atoms with E-state index in [4.69, 9.17) is 9.63 Å². The number of aromatic nitrogens is 1. The maximum atomic E-state index is 12.6. The smallest absolute Gasteiger partial charge is 0.341 e. The Hall–Kier alpha value is -2.24. The quantitative estimate of drug-likeness (QED) is 0.911. The zero-order valence-corrected chi connectivity index (χ0v) is 9.35. The monoisotopic (exact) mass is 253 g/mol. The van der Waals surface area contributed by atoms with E-state index in [1.54, 1.807) is 0 Å². The van der Waals surface area contributed by atoms with Gasteiger partial charge in [0.1, 0.15) is 17.0 Å². The zero-order valence-electron chi connectivity index (χ0n) is 9.35. The number of nitrogens with zero attached hydrogens (tertiary/aromatic N) is 1. The number of benzene rings is 1. The molecule has 0 atom stereocenters. The van der Waals surface area contributed by atoms with Crippen molar-refractivity contribution in [1.82, 2.24) is 5.16 Å². The summed E-state index contributed by atoms with van der Waals surface area (Å²) in [6.45, 7) is 1.46. The summed E-state index contributed by atoms with van der Waals surface area (Å²) in [5, 5.41) is 12.6. The Morgan fingerprint density at radius 1 is 1.44 bits per heavy atom. The van der Waals surface area contributed by atoms with E-state index in [0.29, 0.717) is 5.56 Å². The second-order valence-electron chi connectivity index (χ2n) is 3.69. The lowest BCUT2D eigenvalue weighted by atomic mass is 10.0. The van der Waals surface area contributed by atoms with Crippen LogP contribution < -0.4 is 0 Å². The van der Waals surface area contributed by atoms with Crippen molar-refractivity contribution < 1.29 is 23.2 Å². The Labute approximate surface area is 101 Å². The van der Waals surface area contributed by atoms with Gasteiger partial charge in [-0.1, -0.05) is 23.4 Å². The predicted octanol–water partition coefficient (Wildman–Crippen LogP) is 3.29. The van der Waals surface area contributed by atoms with Gasteiger partial charge in [-0.15, -0.1) is 0 Å². The fourth-order valence-electron chi connectivity index (χ4n) is 1.64. The molecule has 0 bridgehead atoms. The molecule has 4 nitrogen and oxygen atoms in total. The molecular formula is C12H9F2NO3. The summed E-state index contributed by atoms with van der Waals surface area (Å²) >= 11 is 0. The summed E-state index contributed by atoms with van der Waals surface area (Å²) in [7, 11) is 0. The first kappa shape index (κ1) is 12.2. The number of aryl methyl sites for hydroxylation is 1. The van der Waals surface area contributed by atoms with E-state index in [1.165, 1.54) is 31.2 Å². The average molecular weight is 253 g/mol. The predicted molar refractivity (Wildman–Crippen MR) is 58.6 cm³/mol. The summed E-state index contributed by atoms with van der Waals surface area (Å²) < 4.78 is 29.9. The van der Waals surface area contributed by atoms with Crippen LogP contribution in [0.25, 0.3) is 11.3 Å². The minimum Gasteiger partial charge on any atom is -0.477 e. The lowest BCUT2D eigenvalue weighted by molar-refractivity contribution is 0.0695. The van der Waals surface area contributed by atoms with Gasteiger partial charge in [-0.3, -0.25) is 0 Å². The van der Waals surface area contributed by atoms with Crippen molar-refractivity contribution in [3.8, 4) is 11.3 Å². The first-order chi connectivity index (χ1) is 8.50. The van der Waals surface area contributed by atoms with Crippen molar-refractivity contribution in [2.45, 2.75) is 13.3 Å². The third kappa shape index (κ3) is 2.09. The van der Waals surface area contributed by atoms with E-state index in [1.807, 2.05) is 0 Å². The summed E-state index contributed by atoms with van der Waals surface area (Å²) in [5.74, 6) is -1.06. The maximum absolute atomic E-state index is 12.6. The second-order valence-corrected chi connectivity index (χ2v) is 3.69. The van der Waals surface area contributed by atoms with E-state index in [9.17, 15) is 13.6 Å². The Bertz CT molecular complexity index is 593. The molecule has 6 heteroatoms. The highest BCUT2D eigenvalue weighted by atomic mass is 19.3. The molecule has 0 radical (unpaired) electrons. The summed E-state index contributed by atoms with van der Waals surface area (Å²) in [6, 6.07) is 5.40. The molecule has 1 heterocycles. The van der Waals surface area contributed by atoms with Crippen LogP contribution in [0.3, 0.4) is 0 Å². The van der Waals surface area contributed by atoms with Crippen molar-refractivity contribution in [3.63, 3.8) is 0 Å². The van der Waals surface area contributed by atoms with E-state index in [-0.39, 0.29) is 22.6 Å². The maximum Gasteiger partial charge on any atom is 0.341 e. The number of carboxylic acid groups (broad SMARTS) is 1. The van der Waals surface area contributed by atoms with Gasteiger partial charge in [-0.05, 0) is 13.0 Å². The minimum atomic E-state index is -2.62. The summed E-state index contributed by atoms with van der Waals surface area (Å²) in [4.78, 5) is 11.0. The van der Waals surface area contributed by atoms with Crippen LogP contribution in [0.4, 0.5) is 8.78 Å². The SMILES string of the molecule is Cc1onc(-c2cccc(C(F)F)c2)c1C(=O)O. The number of carboxylic acids is 1. The molecule has 0 spiro atoms. The first-order valence-electron chi connectivity index (χ1n) is 5.08. The number of aromatic carboxylic acids is 1. The first-order valence-corrected chi connectivity index (χ1v) is 5.08. The summed E-state index contributed by atoms with van der Waals surface area (Å²) in [6.07, 6.45) is -2.62. The van der Waals surface area contributed by atoms with E-state index >= 15 is 0 Å². The zero-order chi connectivity index (χ0) is 13.3. The van der Waals surface area contributed by atoms with Crippen molar-refractivity contribution >= 4 is 5.97 Å². The Morgan fingerprint density at radius 2 is 2.17 bits per heavy atom. The Morgan fingerprint density at radius 3 is 2.78 bits per heavy atom. The molecule has 0 unspecified atom stereocenters. The molecule has 18 heavy (non-hydrogen) atoms. The third-order valence-corrected chi connectivity index (χ3v) is 2.49. The van der Waals surface area contributed by atoms with Gasteiger partial charge in [-0.25, -0.2) is 13.6 Å². The van der Waals surface area contributed by atoms with Gasteiger partial charge in [0.25, 0.3) is 6.43 Å². The number of alkyl halides is 2. The standard InChI is InChI=1S/C12H9F2NO3/c1-6-9(12(16)17)10(15-18-6)7-3-2-4-8(5-7)11(13)14/h2-5,11H,1H3,(H,16,17). The molecule has 0 amide bonds. The van der Waals surface area contributed by atoms with Gasteiger partial charge in [0.2, 0.25) is 0 Å². The molecular weight excluding hydrogens is 244 g/mol. The van der Waals surface area contributed by atoms with Crippen molar-refractivity contribution in [1.29, 1.82) is 0 Å². The van der Waals surface area contributed by atoms with Crippen LogP contribution in [0.5, 0.6) is 0 Å². The van der Waals surface area contributed by atoms with Gasteiger partial charge in [0.05, 0.1) is 0 Å². The highest BCUT2D eigenvalue weighted by Gasteiger charge is 2.21. The van der Waals surface area contributed by atoms with Crippen LogP contribution >= 0.6 is 0 Å². The molecule has 1 aromatic heterocycles. The summed E-state index contributed by atoms with van der Waals surface area (Å²) in [5.41, 5.74) is 0.0514. The normalized spacial score (nSPS) is 10.9. The molecule has 2 aromatic rings. The van der Waals surface area contributed by atoms with E-state index in [2.05, 4.69) is 5.16 Å². The van der Waals surface area contributed by atoms with E-state index < -0.39 is 12.4 Å². The molecule has 0 aliphatic rings. The number of halogens is 2. The van der Waals surface area contributed by atoms with E-state index in [0.717, 1.165) is 0 Å². The van der Waals surface area contributed by atoms with Gasteiger partial charge < -0.3 is 9.63 Å². The molecule has 94 valence electrons. The lowest BCUT2D eigenvalue weighted by Crippen LogP contribution is -1.99. The van der Waals surface area contributed by atoms with Crippen molar-refractivity contribution in [2.24, 2.45) is 0 Å². The highest BCUT2D eigenvalue weighted by molar-refractivity contribution is 5.95. The third-order valence-electron chi connectivity index (χ3n) is 2.49. The van der Waals surface area contributed by atoms with Crippen molar-refractivity contribution in [3.05, 3.63) is 41.2 Å². The number of hydrogen-bond acceptors (Lipinski definition) is 3. The van der Waals surface area contributed by atoms with Gasteiger partial charge >= 0.3 is 5.97 Å². The lowest BCUT2D eigenvalue weighted by Gasteiger charge is -2.02. The Balaban J connectivity index is 2.55. The van der Waals surface area contributed by atoms with Gasteiger partial charge in [-0.2, -0.15) is 0 Å². The Kier molecular flexibility index (Phi) is 3.10. The molecule has 0 fully saturated rings. The minimum absolute atomic E-state index is 0.0579. The van der Waals surface area contributed by atoms with Crippen LogP contribution in [-0.4, -0.2) is 16.2 Å². The highest BCUT2D eigenvalue weighted by Crippen LogP contribution is 2.28. The molecule has 0 aliphatic carbocycles. The van der Waals surface area contributed by atoms with Crippen molar-refractivity contribution in [2.75, 3.05) is 0 Å². The molecule has 1 aromatic carbocycles. The van der Waals surface area contributed by atoms with Crippen LogP contribution in [0.15, 0.2) is 28.8 Å². The van der Waals surface area contributed by atoms with Crippen LogP contribution in [0.1, 0.15) is 28.1 Å². The number of hydrogen-bond donors (Lipinski definition) is 1. The number of rotatable bonds is 3. The van der Waals surface area contributed by atoms with Crippen LogP contribution in [-0.2, 0) is 0 Å². The fraction of sp³-hybridized carbons (Fsp3) is 0.167. The second kappa shape index (κ2) is 4.56.